The number of benzene rings is 2. The van der Waals surface area contributed by atoms with Gasteiger partial charge in [-0.05, 0) is 112 Å². The van der Waals surface area contributed by atoms with E-state index in [0.29, 0.717) is 49.1 Å². The molecule has 2 unspecified atom stereocenters. The number of allylic oxidation sites excluding steroid dienone is 2. The zero-order chi connectivity index (χ0) is 56.0. The number of aromatic amines is 2. The molecule has 6 aromatic heterocycles. The Kier molecular flexibility index (Phi) is 14.0. The third-order valence-corrected chi connectivity index (χ3v) is 15.5. The molecule has 1 amide bonds. The third kappa shape index (κ3) is 9.46. The van der Waals surface area contributed by atoms with Crippen molar-refractivity contribution in [3.63, 3.8) is 0 Å². The molecule has 408 valence electrons. The van der Waals surface area contributed by atoms with Crippen LogP contribution in [0, 0.1) is 12.7 Å². The van der Waals surface area contributed by atoms with Gasteiger partial charge in [-0.25, -0.2) is 14.4 Å². The van der Waals surface area contributed by atoms with Gasteiger partial charge in [0, 0.05) is 103 Å². The largest absolute Gasteiger partial charge is 0.421 e. The number of amides is 1. The van der Waals surface area contributed by atoms with Gasteiger partial charge in [0.05, 0.1) is 65.6 Å². The van der Waals surface area contributed by atoms with E-state index in [1.807, 2.05) is 114 Å². The molecule has 0 fully saturated rings. The Morgan fingerprint density at radius 3 is 1.84 bits per heavy atom. The lowest BCUT2D eigenvalue weighted by atomic mass is 9.75. The van der Waals surface area contributed by atoms with Crippen molar-refractivity contribution in [1.29, 1.82) is 0 Å². The Bertz CT molecular complexity index is 3860. The van der Waals surface area contributed by atoms with Crippen LogP contribution < -0.4 is 21.3 Å². The Labute approximate surface area is 463 Å². The zero-order valence-corrected chi connectivity index (χ0v) is 46.0. The maximum absolute atomic E-state index is 13.4. The van der Waals surface area contributed by atoms with Crippen LogP contribution in [0.25, 0.3) is 33.0 Å². The number of fused-ring (bicyclic) bond motifs is 6. The minimum absolute atomic E-state index is 0.0684. The van der Waals surface area contributed by atoms with Crippen molar-refractivity contribution in [2.75, 3.05) is 13.6 Å². The number of ether oxygens (including phenoxy) is 1. The van der Waals surface area contributed by atoms with Crippen LogP contribution in [0.4, 0.5) is 4.39 Å². The number of pyridine rings is 2. The molecular weight excluding hydrogens is 1010 g/mol. The number of hydrazone groups is 2. The molecule has 80 heavy (non-hydrogen) atoms. The molecule has 12 rings (SSSR count). The number of carbonyl (C=O) groups excluding carboxylic acids is 1. The standard InChI is InChI=1S/C31H34N8O.C30H31FN8O/c1-7-39-22(5)40-30(37-39)31(23-17-34-38(6)18-23)29-25(24-10-8-9-11-27(24)35-29)14-28(36-31)21(4)32-16-20(3)26-13-12-19(2)15-33-26;1-5-39-17-20(15-34-39)30(27-13-28(40)38(4)37-27)29-23(22-8-6-7-9-25(22)35-29)12-26(36-30)19(3)32-14-18(2)24-11-10-21(31)16-33-24/h8-13,15-18,28,32,35-36H,4-5,7,14H2,1-3,6H3;6-11,14-17,26,32,35-36H,3,5,12-13H2,1-2,4H3/b20-16+;18-14+/t28-,31?;26-,30?/m11/s1. The normalized spacial score (nSPS) is 20.9. The molecule has 4 atom stereocenters. The Morgan fingerprint density at radius 2 is 1.32 bits per heavy atom. The predicted octanol–water partition coefficient (Wildman–Crippen LogP) is 8.72. The minimum atomic E-state index is -0.958. The van der Waals surface area contributed by atoms with E-state index in [1.165, 1.54) is 22.8 Å². The van der Waals surface area contributed by atoms with Crippen LogP contribution in [0.1, 0.15) is 84.7 Å². The first-order chi connectivity index (χ1) is 38.6. The molecule has 6 N–H and O–H groups in total. The van der Waals surface area contributed by atoms with E-state index in [9.17, 15) is 9.18 Å². The quantitative estimate of drug-likeness (QED) is 0.0609. The van der Waals surface area contributed by atoms with Crippen molar-refractivity contribution in [3.8, 4) is 0 Å². The maximum Gasteiger partial charge on any atom is 0.248 e. The summed E-state index contributed by atoms with van der Waals surface area (Å²) in [5.74, 6) is 0.536. The summed E-state index contributed by atoms with van der Waals surface area (Å²) in [7, 11) is 3.59. The average Bonchev–Trinajstić information content (AvgIpc) is 4.47. The number of aromatic nitrogens is 8. The fraction of sp³-hybridized carbons (Fsp3) is 0.262. The minimum Gasteiger partial charge on any atom is -0.421 e. The lowest BCUT2D eigenvalue weighted by Gasteiger charge is -2.42. The van der Waals surface area contributed by atoms with Gasteiger partial charge in [-0.3, -0.25) is 34.8 Å². The number of rotatable bonds is 14. The molecule has 0 radical (unpaired) electrons. The number of nitrogens with zero attached hydrogens (tertiary/aromatic N) is 10. The molecule has 4 aliphatic rings. The smallest absolute Gasteiger partial charge is 0.248 e. The van der Waals surface area contributed by atoms with Gasteiger partial charge in [0.25, 0.3) is 0 Å². The molecule has 10 heterocycles. The molecular formula is C61H65FN16O2. The molecule has 4 aliphatic heterocycles. The molecule has 8 aromatic rings. The van der Waals surface area contributed by atoms with Crippen molar-refractivity contribution < 1.29 is 13.9 Å². The van der Waals surface area contributed by atoms with Gasteiger partial charge in [-0.2, -0.15) is 15.3 Å². The lowest BCUT2D eigenvalue weighted by Crippen LogP contribution is -2.59. The molecule has 0 spiro atoms. The second kappa shape index (κ2) is 21.2. The van der Waals surface area contributed by atoms with E-state index in [1.54, 1.807) is 22.8 Å². The first kappa shape index (κ1) is 52.8. The summed E-state index contributed by atoms with van der Waals surface area (Å²) >= 11 is 0. The van der Waals surface area contributed by atoms with E-state index >= 15 is 0 Å². The summed E-state index contributed by atoms with van der Waals surface area (Å²) in [6.07, 6.45) is 16.1. The summed E-state index contributed by atoms with van der Waals surface area (Å²) in [6, 6.07) is 23.3. The topological polar surface area (TPSA) is 199 Å². The van der Waals surface area contributed by atoms with Gasteiger partial charge in [-0.15, -0.1) is 5.10 Å². The molecule has 19 heteroatoms. The Morgan fingerprint density at radius 1 is 0.750 bits per heavy atom. The third-order valence-electron chi connectivity index (χ3n) is 15.5. The van der Waals surface area contributed by atoms with E-state index in [2.05, 4.69) is 108 Å². The van der Waals surface area contributed by atoms with Crippen molar-refractivity contribution >= 4 is 50.5 Å². The van der Waals surface area contributed by atoms with Crippen LogP contribution in [0.3, 0.4) is 0 Å². The molecule has 0 aliphatic carbocycles. The monoisotopic (exact) mass is 1070 g/mol. The van der Waals surface area contributed by atoms with Crippen LogP contribution >= 0.6 is 0 Å². The second-order valence-electron chi connectivity index (χ2n) is 20.7. The highest BCUT2D eigenvalue weighted by molar-refractivity contribution is 6.12. The number of halogens is 1. The highest BCUT2D eigenvalue weighted by Crippen LogP contribution is 2.45. The summed E-state index contributed by atoms with van der Waals surface area (Å²) in [4.78, 5) is 28.9. The van der Waals surface area contributed by atoms with Crippen molar-refractivity contribution in [2.45, 2.75) is 83.6 Å². The first-order valence-corrected chi connectivity index (χ1v) is 26.7. The maximum atomic E-state index is 13.4. The number of nitrogens with one attached hydrogen (secondary N) is 6. The molecule has 18 nitrogen and oxygen atoms in total. The van der Waals surface area contributed by atoms with Gasteiger partial charge in [0.1, 0.15) is 11.4 Å². The van der Waals surface area contributed by atoms with Gasteiger partial charge < -0.3 is 25.3 Å². The van der Waals surface area contributed by atoms with Crippen LogP contribution in [-0.2, 0) is 47.0 Å². The van der Waals surface area contributed by atoms with Gasteiger partial charge >= 0.3 is 0 Å². The molecule has 0 saturated heterocycles. The number of para-hydroxylation sites is 2. The number of H-pyrrole nitrogens is 2. The van der Waals surface area contributed by atoms with Gasteiger partial charge in [-0.1, -0.05) is 55.6 Å². The van der Waals surface area contributed by atoms with Crippen LogP contribution in [0.2, 0.25) is 0 Å². The Balaban J connectivity index is 0.000000169. The second-order valence-corrected chi connectivity index (χ2v) is 20.7. The van der Waals surface area contributed by atoms with E-state index < -0.39 is 11.1 Å². The number of aryl methyl sites for hydroxylation is 3. The summed E-state index contributed by atoms with van der Waals surface area (Å²) in [5.41, 5.74) is 13.0. The van der Waals surface area contributed by atoms with Crippen molar-refractivity contribution in [2.24, 2.45) is 17.3 Å². The van der Waals surface area contributed by atoms with Gasteiger partial charge in [0.15, 0.2) is 5.54 Å². The first-order valence-electron chi connectivity index (χ1n) is 26.7. The Hall–Kier alpha value is -9.20. The van der Waals surface area contributed by atoms with E-state index in [0.717, 1.165) is 83.7 Å². The van der Waals surface area contributed by atoms with Crippen LogP contribution in [-0.4, -0.2) is 92.7 Å². The van der Waals surface area contributed by atoms with Crippen LogP contribution in [0.15, 0.2) is 170 Å². The SMILES string of the molecule is C=C(N/C=C(\C)c1ccc(C)cn1)[C@H]1Cc2c([nH]c3ccccc23)C(C2=NN(CC)C(=C)O2)(c2cnn(C)c2)N1.C=C(N/C=C(\C)c1ccc(F)cn1)[C@H]1Cc2c([nH]c3ccccc23)C(C2=NN(C)C(=O)C2)(c2cnn(CC)c2)N1. The van der Waals surface area contributed by atoms with Crippen molar-refractivity contribution in [1.82, 2.24) is 70.8 Å². The van der Waals surface area contributed by atoms with Gasteiger partial charge in [0.2, 0.25) is 17.7 Å². The summed E-state index contributed by atoms with van der Waals surface area (Å²) in [6.45, 7) is 24.3. The lowest BCUT2D eigenvalue weighted by molar-refractivity contribution is -0.127. The zero-order valence-electron chi connectivity index (χ0n) is 46.0. The number of carbonyl (C=O) groups is 1. The summed E-state index contributed by atoms with van der Waals surface area (Å²) in [5, 5.41) is 38.7. The van der Waals surface area contributed by atoms with Crippen LogP contribution in [0.5, 0.6) is 0 Å². The summed E-state index contributed by atoms with van der Waals surface area (Å²) < 4.78 is 23.3. The fourth-order valence-corrected chi connectivity index (χ4v) is 11.1. The highest BCUT2D eigenvalue weighted by atomic mass is 19.1. The van der Waals surface area contributed by atoms with Crippen molar-refractivity contribution in [3.05, 3.63) is 216 Å². The number of hydrogen-bond donors (Lipinski definition) is 6. The molecule has 0 saturated carbocycles. The van der Waals surface area contributed by atoms with E-state index in [-0.39, 0.29) is 30.2 Å². The molecule has 0 bridgehead atoms. The predicted molar refractivity (Wildman–Crippen MR) is 310 cm³/mol. The molecule has 2 aromatic carbocycles. The number of hydrogen-bond acceptors (Lipinski definition) is 13. The average molecular weight is 1070 g/mol. The fourth-order valence-electron chi connectivity index (χ4n) is 11.1. The van der Waals surface area contributed by atoms with E-state index in [4.69, 9.17) is 14.9 Å². The highest BCUT2D eigenvalue weighted by Gasteiger charge is 2.53.